The molecular formula is C18H20FN3O2. The summed E-state index contributed by atoms with van der Waals surface area (Å²) in [5, 5.41) is 5.41. The van der Waals surface area contributed by atoms with Crippen LogP contribution in [0.1, 0.15) is 6.42 Å². The minimum Gasteiger partial charge on any atom is -0.326 e. The van der Waals surface area contributed by atoms with Gasteiger partial charge >= 0.3 is 0 Å². The monoisotopic (exact) mass is 329 g/mol. The van der Waals surface area contributed by atoms with Crippen molar-refractivity contribution in [2.45, 2.75) is 6.42 Å². The number of likely N-dealkylation sites (N-methyl/N-ethyl adjacent to an activating group) is 1. The molecule has 24 heavy (non-hydrogen) atoms. The van der Waals surface area contributed by atoms with Crippen LogP contribution < -0.4 is 10.6 Å². The fourth-order valence-corrected chi connectivity index (χ4v) is 2.13. The van der Waals surface area contributed by atoms with E-state index in [2.05, 4.69) is 10.6 Å². The zero-order valence-corrected chi connectivity index (χ0v) is 13.5. The number of rotatable bonds is 7. The number of hydrogen-bond donors (Lipinski definition) is 2. The van der Waals surface area contributed by atoms with Crippen LogP contribution in [-0.2, 0) is 9.59 Å². The van der Waals surface area contributed by atoms with E-state index in [0.717, 1.165) is 5.69 Å². The van der Waals surface area contributed by atoms with Gasteiger partial charge in [-0.3, -0.25) is 14.5 Å². The van der Waals surface area contributed by atoms with Crippen LogP contribution in [0, 0.1) is 5.82 Å². The average Bonchev–Trinajstić information content (AvgIpc) is 2.54. The van der Waals surface area contributed by atoms with Crippen molar-refractivity contribution in [2.24, 2.45) is 0 Å². The maximum absolute atomic E-state index is 13.1. The Kier molecular flexibility index (Phi) is 6.45. The number of nitrogens with zero attached hydrogens (tertiary/aromatic N) is 1. The van der Waals surface area contributed by atoms with Crippen LogP contribution in [0.25, 0.3) is 0 Å². The van der Waals surface area contributed by atoms with Gasteiger partial charge in [0.1, 0.15) is 5.82 Å². The molecule has 5 nitrogen and oxygen atoms in total. The second kappa shape index (κ2) is 8.79. The molecule has 0 fully saturated rings. The van der Waals surface area contributed by atoms with E-state index in [1.807, 2.05) is 30.3 Å². The molecule has 2 rings (SSSR count). The average molecular weight is 329 g/mol. The van der Waals surface area contributed by atoms with Crippen LogP contribution in [0.3, 0.4) is 0 Å². The Morgan fingerprint density at radius 2 is 1.62 bits per heavy atom. The van der Waals surface area contributed by atoms with Gasteiger partial charge in [0.2, 0.25) is 11.8 Å². The zero-order chi connectivity index (χ0) is 17.4. The normalized spacial score (nSPS) is 10.5. The molecule has 0 spiro atoms. The predicted octanol–water partition coefficient (Wildman–Crippen LogP) is 2.72. The highest BCUT2D eigenvalue weighted by atomic mass is 19.1. The van der Waals surface area contributed by atoms with Gasteiger partial charge in [0.25, 0.3) is 0 Å². The van der Waals surface area contributed by atoms with Crippen LogP contribution in [-0.4, -0.2) is 36.9 Å². The molecule has 2 amide bonds. The van der Waals surface area contributed by atoms with Gasteiger partial charge in [-0.15, -0.1) is 0 Å². The standard InChI is InChI=1S/C18H20FN3O2/c1-22(11-10-17(23)20-15-7-3-2-4-8-15)13-18(24)21-16-9-5-6-14(19)12-16/h2-9,12H,10-11,13H2,1H3,(H,20,23)(H,21,24). The van der Waals surface area contributed by atoms with Crippen molar-refractivity contribution < 1.29 is 14.0 Å². The number of hydrogen-bond acceptors (Lipinski definition) is 3. The van der Waals surface area contributed by atoms with Gasteiger partial charge in [0, 0.05) is 24.3 Å². The van der Waals surface area contributed by atoms with E-state index >= 15 is 0 Å². The van der Waals surface area contributed by atoms with E-state index < -0.39 is 5.82 Å². The quantitative estimate of drug-likeness (QED) is 0.821. The molecular weight excluding hydrogens is 309 g/mol. The first-order valence-corrected chi connectivity index (χ1v) is 7.62. The summed E-state index contributed by atoms with van der Waals surface area (Å²) in [5.41, 5.74) is 1.16. The van der Waals surface area contributed by atoms with Crippen LogP contribution in [0.4, 0.5) is 15.8 Å². The lowest BCUT2D eigenvalue weighted by molar-refractivity contribution is -0.119. The summed E-state index contributed by atoms with van der Waals surface area (Å²) >= 11 is 0. The molecule has 0 radical (unpaired) electrons. The molecule has 0 atom stereocenters. The third-order valence-electron chi connectivity index (χ3n) is 3.30. The second-order valence-electron chi connectivity index (χ2n) is 5.46. The van der Waals surface area contributed by atoms with Crippen molar-refractivity contribution in [1.29, 1.82) is 0 Å². The Bertz CT molecular complexity index is 692. The number of carbonyl (C=O) groups is 2. The van der Waals surface area contributed by atoms with Crippen LogP contribution in [0.5, 0.6) is 0 Å². The number of carbonyl (C=O) groups excluding carboxylic acids is 2. The first kappa shape index (κ1) is 17.6. The second-order valence-corrected chi connectivity index (χ2v) is 5.46. The van der Waals surface area contributed by atoms with Gasteiger partial charge < -0.3 is 10.6 Å². The molecule has 0 unspecified atom stereocenters. The summed E-state index contributed by atoms with van der Waals surface area (Å²) in [7, 11) is 1.75. The van der Waals surface area contributed by atoms with Gasteiger partial charge in [-0.05, 0) is 37.4 Å². The molecule has 0 saturated heterocycles. The summed E-state index contributed by atoms with van der Waals surface area (Å²) in [4.78, 5) is 25.5. The molecule has 6 heteroatoms. The fourth-order valence-electron chi connectivity index (χ4n) is 2.13. The van der Waals surface area contributed by atoms with Crippen molar-refractivity contribution in [3.8, 4) is 0 Å². The third kappa shape index (κ3) is 6.18. The summed E-state index contributed by atoms with van der Waals surface area (Å²) in [6, 6.07) is 14.9. The Morgan fingerprint density at radius 3 is 2.33 bits per heavy atom. The van der Waals surface area contributed by atoms with E-state index in [-0.39, 0.29) is 24.8 Å². The lowest BCUT2D eigenvalue weighted by Crippen LogP contribution is -2.32. The van der Waals surface area contributed by atoms with Gasteiger partial charge in [-0.2, -0.15) is 0 Å². The SMILES string of the molecule is CN(CCC(=O)Nc1ccccc1)CC(=O)Nc1cccc(F)c1. The molecule has 0 aliphatic carbocycles. The highest BCUT2D eigenvalue weighted by Gasteiger charge is 2.09. The van der Waals surface area contributed by atoms with Gasteiger partial charge in [0.15, 0.2) is 0 Å². The molecule has 0 bridgehead atoms. The van der Waals surface area contributed by atoms with Gasteiger partial charge in [-0.25, -0.2) is 4.39 Å². The lowest BCUT2D eigenvalue weighted by atomic mass is 10.3. The van der Waals surface area contributed by atoms with Crippen LogP contribution in [0.2, 0.25) is 0 Å². The first-order valence-electron chi connectivity index (χ1n) is 7.62. The number of halogens is 1. The molecule has 126 valence electrons. The minimum absolute atomic E-state index is 0.112. The number of benzene rings is 2. The molecule has 2 aromatic carbocycles. The Morgan fingerprint density at radius 1 is 0.958 bits per heavy atom. The fraction of sp³-hybridized carbons (Fsp3) is 0.222. The van der Waals surface area contributed by atoms with E-state index in [1.54, 1.807) is 18.0 Å². The topological polar surface area (TPSA) is 61.4 Å². The smallest absolute Gasteiger partial charge is 0.238 e. The molecule has 2 aromatic rings. The highest BCUT2D eigenvalue weighted by Crippen LogP contribution is 2.09. The summed E-state index contributed by atoms with van der Waals surface area (Å²) < 4.78 is 13.1. The summed E-state index contributed by atoms with van der Waals surface area (Å²) in [6.07, 6.45) is 0.276. The third-order valence-corrected chi connectivity index (χ3v) is 3.30. The van der Waals surface area contributed by atoms with E-state index in [0.29, 0.717) is 12.2 Å². The van der Waals surface area contributed by atoms with Gasteiger partial charge in [0.05, 0.1) is 6.54 Å². The Labute approximate surface area is 140 Å². The molecule has 0 aliphatic rings. The zero-order valence-electron chi connectivity index (χ0n) is 13.5. The molecule has 0 aliphatic heterocycles. The lowest BCUT2D eigenvalue weighted by Gasteiger charge is -2.16. The van der Waals surface area contributed by atoms with Crippen molar-refractivity contribution in [3.63, 3.8) is 0 Å². The first-order chi connectivity index (χ1) is 11.5. The predicted molar refractivity (Wildman–Crippen MR) is 92.2 cm³/mol. The van der Waals surface area contributed by atoms with Gasteiger partial charge in [-0.1, -0.05) is 24.3 Å². The van der Waals surface area contributed by atoms with E-state index in [4.69, 9.17) is 0 Å². The molecule has 0 heterocycles. The van der Waals surface area contributed by atoms with Crippen molar-refractivity contribution in [2.75, 3.05) is 30.8 Å². The van der Waals surface area contributed by atoms with Crippen molar-refractivity contribution >= 4 is 23.2 Å². The maximum Gasteiger partial charge on any atom is 0.238 e. The van der Waals surface area contributed by atoms with E-state index in [9.17, 15) is 14.0 Å². The Balaban J connectivity index is 1.71. The summed E-state index contributed by atoms with van der Waals surface area (Å²) in [6.45, 7) is 0.560. The van der Waals surface area contributed by atoms with Crippen molar-refractivity contribution in [3.05, 3.63) is 60.4 Å². The largest absolute Gasteiger partial charge is 0.326 e. The van der Waals surface area contributed by atoms with Crippen LogP contribution >= 0.6 is 0 Å². The minimum atomic E-state index is -0.404. The maximum atomic E-state index is 13.1. The van der Waals surface area contributed by atoms with Crippen LogP contribution in [0.15, 0.2) is 54.6 Å². The van der Waals surface area contributed by atoms with E-state index in [1.165, 1.54) is 18.2 Å². The Hall–Kier alpha value is -2.73. The number of para-hydroxylation sites is 1. The number of anilines is 2. The molecule has 0 saturated carbocycles. The highest BCUT2D eigenvalue weighted by molar-refractivity contribution is 5.92. The van der Waals surface area contributed by atoms with Crippen molar-refractivity contribution in [1.82, 2.24) is 4.90 Å². The summed E-state index contributed by atoms with van der Waals surface area (Å²) in [5.74, 6) is -0.774. The molecule has 0 aromatic heterocycles. The number of nitrogens with one attached hydrogen (secondary N) is 2. The number of amides is 2. The molecule has 2 N–H and O–H groups in total.